The number of anilines is 1. The van der Waals surface area contributed by atoms with Crippen molar-refractivity contribution in [2.24, 2.45) is 0 Å². The molecule has 3 rings (SSSR count). The minimum Gasteiger partial charge on any atom is -0.482 e. The van der Waals surface area contributed by atoms with E-state index in [-0.39, 0.29) is 21.4 Å². The Morgan fingerprint density at radius 3 is 2.23 bits per heavy atom. The molecule has 3 aromatic carbocycles. The number of rotatable bonds is 7. The summed E-state index contributed by atoms with van der Waals surface area (Å²) in [5.74, 6) is -0.526. The maximum atomic E-state index is 13.3. The molecule has 0 aliphatic carbocycles. The first-order valence-electron chi connectivity index (χ1n) is 9.13. The van der Waals surface area contributed by atoms with Crippen LogP contribution >= 0.6 is 23.2 Å². The molecule has 0 aliphatic heterocycles. The van der Waals surface area contributed by atoms with E-state index >= 15 is 0 Å². The first kappa shape index (κ1) is 22.2. The molecule has 3 aromatic rings. The highest BCUT2D eigenvalue weighted by atomic mass is 35.5. The molecule has 0 aliphatic rings. The minimum atomic E-state index is -4.14. The number of hydrogen-bond donors (Lipinski definition) is 0. The molecule has 8 heteroatoms. The van der Waals surface area contributed by atoms with Gasteiger partial charge in [-0.1, -0.05) is 60.5 Å². The van der Waals surface area contributed by atoms with E-state index in [1.807, 2.05) is 6.92 Å². The summed E-state index contributed by atoms with van der Waals surface area (Å²) in [5, 5.41) is 0.642. The van der Waals surface area contributed by atoms with E-state index in [4.69, 9.17) is 27.9 Å². The third-order valence-corrected chi connectivity index (χ3v) is 6.63. The summed E-state index contributed by atoms with van der Waals surface area (Å²) in [7, 11) is -4.14. The molecule has 0 bridgehead atoms. The number of amides is 1. The number of carbonyl (C=O) groups is 1. The molecule has 1 amide bonds. The molecular weight excluding hydrogens is 445 g/mol. The van der Waals surface area contributed by atoms with Crippen LogP contribution in [-0.2, 0) is 21.2 Å². The topological polar surface area (TPSA) is 63.7 Å². The SMILES string of the molecule is CCc1ccc(N(C(=O)COc2ccc(Cl)cc2Cl)S(=O)(=O)c2ccccc2)cc1. The van der Waals surface area contributed by atoms with Gasteiger partial charge in [0.1, 0.15) is 5.75 Å². The fourth-order valence-corrected chi connectivity index (χ4v) is 4.67. The maximum Gasteiger partial charge on any atom is 0.278 e. The molecule has 0 unspecified atom stereocenters. The molecule has 0 spiro atoms. The summed E-state index contributed by atoms with van der Waals surface area (Å²) >= 11 is 11.9. The molecule has 0 saturated heterocycles. The van der Waals surface area contributed by atoms with Crippen molar-refractivity contribution in [3.05, 3.63) is 88.4 Å². The van der Waals surface area contributed by atoms with Crippen LogP contribution < -0.4 is 9.04 Å². The molecular formula is C22H19Cl2NO4S. The van der Waals surface area contributed by atoms with Crippen molar-refractivity contribution in [1.82, 2.24) is 0 Å². The predicted octanol–water partition coefficient (Wildman–Crippen LogP) is 5.36. The molecule has 0 aromatic heterocycles. The Morgan fingerprint density at radius 1 is 0.967 bits per heavy atom. The summed E-state index contributed by atoms with van der Waals surface area (Å²) in [6.07, 6.45) is 0.790. The summed E-state index contributed by atoms with van der Waals surface area (Å²) in [4.78, 5) is 13.0. The number of sulfonamides is 1. The van der Waals surface area contributed by atoms with Crippen LogP contribution in [0.4, 0.5) is 5.69 Å². The lowest BCUT2D eigenvalue weighted by molar-refractivity contribution is -0.119. The average molecular weight is 464 g/mol. The smallest absolute Gasteiger partial charge is 0.278 e. The maximum absolute atomic E-state index is 13.3. The number of nitrogens with zero attached hydrogens (tertiary/aromatic N) is 1. The van der Waals surface area contributed by atoms with Gasteiger partial charge in [-0.3, -0.25) is 4.79 Å². The van der Waals surface area contributed by atoms with Gasteiger partial charge in [0.05, 0.1) is 15.6 Å². The minimum absolute atomic E-state index is 0.00226. The van der Waals surface area contributed by atoms with Gasteiger partial charge in [0, 0.05) is 5.02 Å². The van der Waals surface area contributed by atoms with Crippen LogP contribution in [0.3, 0.4) is 0 Å². The fourth-order valence-electron chi connectivity index (χ4n) is 2.77. The first-order valence-corrected chi connectivity index (χ1v) is 11.3. The van der Waals surface area contributed by atoms with Crippen molar-refractivity contribution in [2.45, 2.75) is 18.2 Å². The lowest BCUT2D eigenvalue weighted by Crippen LogP contribution is -2.40. The number of benzene rings is 3. The zero-order chi connectivity index (χ0) is 21.7. The van der Waals surface area contributed by atoms with Crippen molar-refractivity contribution in [3.8, 4) is 5.75 Å². The van der Waals surface area contributed by atoms with E-state index < -0.39 is 22.5 Å². The Hall–Kier alpha value is -2.54. The lowest BCUT2D eigenvalue weighted by atomic mass is 10.1. The van der Waals surface area contributed by atoms with E-state index in [1.54, 1.807) is 48.5 Å². The van der Waals surface area contributed by atoms with Crippen molar-refractivity contribution in [3.63, 3.8) is 0 Å². The first-order chi connectivity index (χ1) is 14.3. The second kappa shape index (κ2) is 9.51. The van der Waals surface area contributed by atoms with Crippen LogP contribution in [0.25, 0.3) is 0 Å². The van der Waals surface area contributed by atoms with Gasteiger partial charge < -0.3 is 4.74 Å². The second-order valence-electron chi connectivity index (χ2n) is 6.36. The van der Waals surface area contributed by atoms with Crippen molar-refractivity contribution in [2.75, 3.05) is 10.9 Å². The highest BCUT2D eigenvalue weighted by Gasteiger charge is 2.31. The van der Waals surface area contributed by atoms with Gasteiger partial charge in [-0.25, -0.2) is 8.42 Å². The van der Waals surface area contributed by atoms with Crippen molar-refractivity contribution >= 4 is 44.8 Å². The average Bonchev–Trinajstić information content (AvgIpc) is 2.74. The Kier molecular flexibility index (Phi) is 7.02. The van der Waals surface area contributed by atoms with Gasteiger partial charge in [-0.05, 0) is 54.4 Å². The number of aryl methyl sites for hydroxylation is 1. The molecule has 30 heavy (non-hydrogen) atoms. The van der Waals surface area contributed by atoms with Crippen LogP contribution in [0.5, 0.6) is 5.75 Å². The molecule has 0 fully saturated rings. The quantitative estimate of drug-likeness (QED) is 0.473. The van der Waals surface area contributed by atoms with Crippen LogP contribution in [0.2, 0.25) is 10.0 Å². The zero-order valence-corrected chi connectivity index (χ0v) is 18.4. The van der Waals surface area contributed by atoms with Crippen LogP contribution in [0.1, 0.15) is 12.5 Å². The highest BCUT2D eigenvalue weighted by molar-refractivity contribution is 7.93. The number of ether oxygens (including phenoxy) is 1. The molecule has 0 saturated carbocycles. The van der Waals surface area contributed by atoms with Gasteiger partial charge in [-0.15, -0.1) is 0 Å². The molecule has 156 valence electrons. The van der Waals surface area contributed by atoms with Crippen LogP contribution in [0, 0.1) is 0 Å². The van der Waals surface area contributed by atoms with Gasteiger partial charge >= 0.3 is 0 Å². The third kappa shape index (κ3) is 4.95. The second-order valence-corrected chi connectivity index (χ2v) is 8.99. The standard InChI is InChI=1S/C22H19Cl2NO4S/c1-2-16-8-11-18(12-9-16)25(30(27,28)19-6-4-3-5-7-19)22(26)15-29-21-13-10-17(23)14-20(21)24/h3-14H,2,15H2,1H3. The van der Waals surface area contributed by atoms with Crippen molar-refractivity contribution in [1.29, 1.82) is 0 Å². The van der Waals surface area contributed by atoms with E-state index in [0.29, 0.717) is 5.02 Å². The van der Waals surface area contributed by atoms with Gasteiger partial charge in [-0.2, -0.15) is 4.31 Å². The lowest BCUT2D eigenvalue weighted by Gasteiger charge is -2.23. The highest BCUT2D eigenvalue weighted by Crippen LogP contribution is 2.29. The van der Waals surface area contributed by atoms with Gasteiger partial charge in [0.15, 0.2) is 6.61 Å². The Morgan fingerprint density at radius 2 is 1.63 bits per heavy atom. The molecule has 0 radical (unpaired) electrons. The molecule has 5 nitrogen and oxygen atoms in total. The Bertz CT molecular complexity index is 1130. The number of halogens is 2. The summed E-state index contributed by atoms with van der Waals surface area (Å²) in [5.41, 5.74) is 1.25. The summed E-state index contributed by atoms with van der Waals surface area (Å²) in [6, 6.07) is 19.1. The Labute approximate surface area is 185 Å². The third-order valence-electron chi connectivity index (χ3n) is 4.33. The van der Waals surface area contributed by atoms with Gasteiger partial charge in [0.2, 0.25) is 0 Å². The van der Waals surface area contributed by atoms with E-state index in [1.165, 1.54) is 24.3 Å². The van der Waals surface area contributed by atoms with E-state index in [2.05, 4.69) is 0 Å². The zero-order valence-electron chi connectivity index (χ0n) is 16.1. The number of hydrogen-bond acceptors (Lipinski definition) is 4. The van der Waals surface area contributed by atoms with Crippen LogP contribution in [-0.4, -0.2) is 20.9 Å². The van der Waals surface area contributed by atoms with E-state index in [0.717, 1.165) is 16.3 Å². The molecule has 0 N–H and O–H groups in total. The fraction of sp³-hybridized carbons (Fsp3) is 0.136. The summed E-state index contributed by atoms with van der Waals surface area (Å²) < 4.78 is 32.8. The largest absolute Gasteiger partial charge is 0.482 e. The monoisotopic (exact) mass is 463 g/mol. The molecule has 0 heterocycles. The summed E-state index contributed by atoms with van der Waals surface area (Å²) in [6.45, 7) is 1.46. The van der Waals surface area contributed by atoms with E-state index in [9.17, 15) is 13.2 Å². The predicted molar refractivity (Wildman–Crippen MR) is 119 cm³/mol. The van der Waals surface area contributed by atoms with Crippen molar-refractivity contribution < 1.29 is 17.9 Å². The van der Waals surface area contributed by atoms with Crippen LogP contribution in [0.15, 0.2) is 77.7 Å². The Balaban J connectivity index is 1.94. The normalized spacial score (nSPS) is 11.2. The number of carbonyl (C=O) groups excluding carboxylic acids is 1. The molecule has 0 atom stereocenters. The van der Waals surface area contributed by atoms with Gasteiger partial charge in [0.25, 0.3) is 15.9 Å².